The van der Waals surface area contributed by atoms with E-state index in [1.807, 2.05) is 42.5 Å². The van der Waals surface area contributed by atoms with Crippen LogP contribution in [0.3, 0.4) is 0 Å². The summed E-state index contributed by atoms with van der Waals surface area (Å²) in [6.07, 6.45) is -3.60. The summed E-state index contributed by atoms with van der Waals surface area (Å²) in [6.45, 7) is 4.78. The molecule has 1 heterocycles. The highest BCUT2D eigenvalue weighted by molar-refractivity contribution is 6.07. The minimum atomic E-state index is -4.38. The molecule has 0 unspecified atom stereocenters. The normalized spacial score (nSPS) is 15.0. The first kappa shape index (κ1) is 23.3. The molecule has 0 N–H and O–H groups in total. The lowest BCUT2D eigenvalue weighted by atomic mass is 10.0. The van der Waals surface area contributed by atoms with E-state index in [9.17, 15) is 18.0 Å². The molecule has 3 aromatic rings. The van der Waals surface area contributed by atoms with Crippen molar-refractivity contribution in [2.75, 3.05) is 39.4 Å². The first-order chi connectivity index (χ1) is 15.9. The molecule has 1 saturated heterocycles. The summed E-state index contributed by atoms with van der Waals surface area (Å²) in [5.41, 5.74) is 0.583. The SMILES string of the molecule is O=C(c1cccc2ccccc12)N(CCCN1CCOCC1)Cc1ccc(C(F)(F)F)cc1. The molecule has 174 valence electrons. The number of nitrogens with zero attached hydrogens (tertiary/aromatic N) is 2. The monoisotopic (exact) mass is 456 g/mol. The fourth-order valence-corrected chi connectivity index (χ4v) is 4.16. The van der Waals surface area contributed by atoms with Gasteiger partial charge in [-0.1, -0.05) is 48.5 Å². The lowest BCUT2D eigenvalue weighted by Crippen LogP contribution is -2.39. The molecule has 0 atom stereocenters. The van der Waals surface area contributed by atoms with E-state index in [-0.39, 0.29) is 12.5 Å². The van der Waals surface area contributed by atoms with E-state index >= 15 is 0 Å². The molecule has 1 amide bonds. The maximum atomic E-state index is 13.6. The van der Waals surface area contributed by atoms with Gasteiger partial charge in [0.1, 0.15) is 0 Å². The van der Waals surface area contributed by atoms with Crippen LogP contribution in [0.1, 0.15) is 27.9 Å². The van der Waals surface area contributed by atoms with Crippen molar-refractivity contribution < 1.29 is 22.7 Å². The van der Waals surface area contributed by atoms with E-state index in [0.29, 0.717) is 30.9 Å². The van der Waals surface area contributed by atoms with Crippen molar-refractivity contribution in [3.8, 4) is 0 Å². The molecule has 33 heavy (non-hydrogen) atoms. The maximum absolute atomic E-state index is 13.6. The van der Waals surface area contributed by atoms with Gasteiger partial charge in [-0.25, -0.2) is 0 Å². The number of carbonyl (C=O) groups is 1. The lowest BCUT2D eigenvalue weighted by molar-refractivity contribution is -0.137. The molecule has 1 fully saturated rings. The van der Waals surface area contributed by atoms with Crippen molar-refractivity contribution in [2.45, 2.75) is 19.1 Å². The van der Waals surface area contributed by atoms with Gasteiger partial charge in [-0.05, 0) is 41.0 Å². The van der Waals surface area contributed by atoms with Gasteiger partial charge in [-0.15, -0.1) is 0 Å². The number of benzene rings is 3. The Bertz CT molecular complexity index is 1070. The first-order valence-electron chi connectivity index (χ1n) is 11.1. The van der Waals surface area contributed by atoms with Gasteiger partial charge in [0.05, 0.1) is 18.8 Å². The molecular formula is C26H27F3N2O2. The zero-order valence-corrected chi connectivity index (χ0v) is 18.4. The average Bonchev–Trinajstić information content (AvgIpc) is 2.83. The van der Waals surface area contributed by atoms with E-state index in [1.165, 1.54) is 12.1 Å². The second-order valence-electron chi connectivity index (χ2n) is 8.26. The third-order valence-corrected chi connectivity index (χ3v) is 5.97. The minimum absolute atomic E-state index is 0.117. The number of rotatable bonds is 7. The summed E-state index contributed by atoms with van der Waals surface area (Å²) in [5.74, 6) is -0.117. The van der Waals surface area contributed by atoms with Gasteiger partial charge in [0.2, 0.25) is 0 Å². The highest BCUT2D eigenvalue weighted by Crippen LogP contribution is 2.29. The number of amides is 1. The number of hydrogen-bond donors (Lipinski definition) is 0. The fourth-order valence-electron chi connectivity index (χ4n) is 4.16. The highest BCUT2D eigenvalue weighted by Gasteiger charge is 2.30. The van der Waals surface area contributed by atoms with Gasteiger partial charge >= 0.3 is 6.18 Å². The Morgan fingerprint density at radius 3 is 2.36 bits per heavy atom. The van der Waals surface area contributed by atoms with Crippen LogP contribution in [0.25, 0.3) is 10.8 Å². The van der Waals surface area contributed by atoms with E-state index in [4.69, 9.17) is 4.74 Å². The number of halogens is 3. The Morgan fingerprint density at radius 1 is 0.939 bits per heavy atom. The number of ether oxygens (including phenoxy) is 1. The third kappa shape index (κ3) is 5.92. The molecular weight excluding hydrogens is 429 g/mol. The topological polar surface area (TPSA) is 32.8 Å². The molecule has 0 spiro atoms. The van der Waals surface area contributed by atoms with Crippen LogP contribution >= 0.6 is 0 Å². The minimum Gasteiger partial charge on any atom is -0.379 e. The smallest absolute Gasteiger partial charge is 0.379 e. The predicted octanol–water partition coefficient (Wildman–Crippen LogP) is 5.22. The maximum Gasteiger partial charge on any atom is 0.416 e. The second-order valence-corrected chi connectivity index (χ2v) is 8.26. The van der Waals surface area contributed by atoms with Crippen LogP contribution in [0.2, 0.25) is 0 Å². The summed E-state index contributed by atoms with van der Waals surface area (Å²) in [6, 6.07) is 18.4. The van der Waals surface area contributed by atoms with Crippen LogP contribution in [0.4, 0.5) is 13.2 Å². The van der Waals surface area contributed by atoms with Gasteiger partial charge < -0.3 is 9.64 Å². The molecule has 0 aliphatic carbocycles. The van der Waals surface area contributed by atoms with Crippen LogP contribution in [0.5, 0.6) is 0 Å². The van der Waals surface area contributed by atoms with Crippen molar-refractivity contribution in [1.29, 1.82) is 0 Å². The predicted molar refractivity (Wildman–Crippen MR) is 122 cm³/mol. The van der Waals surface area contributed by atoms with Gasteiger partial charge in [-0.3, -0.25) is 9.69 Å². The number of alkyl halides is 3. The lowest BCUT2D eigenvalue weighted by Gasteiger charge is -2.28. The second kappa shape index (κ2) is 10.4. The van der Waals surface area contributed by atoms with E-state index in [2.05, 4.69) is 4.90 Å². The van der Waals surface area contributed by atoms with Gasteiger partial charge in [-0.2, -0.15) is 13.2 Å². The van der Waals surface area contributed by atoms with Crippen LogP contribution in [0, 0.1) is 0 Å². The Labute approximate surface area is 191 Å². The number of hydrogen-bond acceptors (Lipinski definition) is 3. The summed E-state index contributed by atoms with van der Waals surface area (Å²) >= 11 is 0. The van der Waals surface area contributed by atoms with Crippen LogP contribution in [-0.4, -0.2) is 55.1 Å². The number of morpholine rings is 1. The molecule has 4 rings (SSSR count). The summed E-state index contributed by atoms with van der Waals surface area (Å²) in [5, 5.41) is 1.85. The average molecular weight is 457 g/mol. The van der Waals surface area contributed by atoms with Crippen LogP contribution in [-0.2, 0) is 17.5 Å². The highest BCUT2D eigenvalue weighted by atomic mass is 19.4. The molecule has 1 aliphatic rings. The Kier molecular flexibility index (Phi) is 7.30. The van der Waals surface area contributed by atoms with E-state index < -0.39 is 11.7 Å². The molecule has 3 aromatic carbocycles. The quantitative estimate of drug-likeness (QED) is 0.489. The third-order valence-electron chi connectivity index (χ3n) is 5.97. The molecule has 4 nitrogen and oxygen atoms in total. The van der Waals surface area contributed by atoms with Crippen molar-refractivity contribution in [3.63, 3.8) is 0 Å². The Morgan fingerprint density at radius 2 is 1.64 bits per heavy atom. The first-order valence-corrected chi connectivity index (χ1v) is 11.1. The molecule has 0 aromatic heterocycles. The van der Waals surface area contributed by atoms with E-state index in [1.54, 1.807) is 4.90 Å². The van der Waals surface area contributed by atoms with Gasteiger partial charge in [0, 0.05) is 38.3 Å². The van der Waals surface area contributed by atoms with Gasteiger partial charge in [0.15, 0.2) is 0 Å². The van der Waals surface area contributed by atoms with Crippen molar-refractivity contribution in [2.24, 2.45) is 0 Å². The van der Waals surface area contributed by atoms with Crippen LogP contribution < -0.4 is 0 Å². The Hall–Kier alpha value is -2.90. The van der Waals surface area contributed by atoms with Crippen molar-refractivity contribution in [3.05, 3.63) is 83.4 Å². The number of carbonyl (C=O) groups excluding carboxylic acids is 1. The van der Waals surface area contributed by atoms with Gasteiger partial charge in [0.25, 0.3) is 5.91 Å². The molecule has 0 bridgehead atoms. The van der Waals surface area contributed by atoms with Crippen molar-refractivity contribution >= 4 is 16.7 Å². The summed E-state index contributed by atoms with van der Waals surface area (Å²) in [4.78, 5) is 17.6. The standard InChI is InChI=1S/C26H27F3N2O2/c27-26(28,29)22-11-9-20(10-12-22)19-31(14-4-13-30-15-17-33-18-16-30)25(32)24-8-3-6-21-5-1-2-7-23(21)24/h1-3,5-12H,4,13-19H2. The molecule has 1 aliphatic heterocycles. The molecule has 7 heteroatoms. The van der Waals surface area contributed by atoms with Crippen molar-refractivity contribution in [1.82, 2.24) is 9.80 Å². The largest absolute Gasteiger partial charge is 0.416 e. The zero-order chi connectivity index (χ0) is 23.3. The van der Waals surface area contributed by atoms with E-state index in [0.717, 1.165) is 49.0 Å². The summed E-state index contributed by atoms with van der Waals surface area (Å²) < 4.78 is 44.2. The van der Waals surface area contributed by atoms with Crippen LogP contribution in [0.15, 0.2) is 66.7 Å². The Balaban J connectivity index is 1.54. The molecule has 0 saturated carbocycles. The molecule has 0 radical (unpaired) electrons. The zero-order valence-electron chi connectivity index (χ0n) is 18.4. The summed E-state index contributed by atoms with van der Waals surface area (Å²) in [7, 11) is 0. The number of fused-ring (bicyclic) bond motifs is 1. The fraction of sp³-hybridized carbons (Fsp3) is 0.346.